The first-order valence-electron chi connectivity index (χ1n) is 9.07. The Morgan fingerprint density at radius 3 is 2.52 bits per heavy atom. The largest absolute Gasteiger partial charge is 0.417 e. The number of nitrogens with two attached hydrogens (primary N) is 1. The highest BCUT2D eigenvalue weighted by atomic mass is 35.5. The lowest BCUT2D eigenvalue weighted by Crippen LogP contribution is -2.31. The third kappa shape index (κ3) is 4.72. The molecule has 0 aliphatic carbocycles. The highest BCUT2D eigenvalue weighted by Crippen LogP contribution is 2.35. The van der Waals surface area contributed by atoms with Gasteiger partial charge in [0.15, 0.2) is 0 Å². The first-order chi connectivity index (χ1) is 14.5. The third-order valence-electron chi connectivity index (χ3n) is 4.78. The molecule has 162 valence electrons. The number of primary amides is 1. The van der Waals surface area contributed by atoms with Gasteiger partial charge in [-0.15, -0.1) is 0 Å². The van der Waals surface area contributed by atoms with Crippen molar-refractivity contribution in [3.05, 3.63) is 75.2 Å². The minimum Gasteiger partial charge on any atom is -0.368 e. The monoisotopic (exact) mass is 451 g/mol. The highest BCUT2D eigenvalue weighted by Gasteiger charge is 2.33. The van der Waals surface area contributed by atoms with E-state index in [1.54, 1.807) is 18.2 Å². The lowest BCUT2D eigenvalue weighted by Gasteiger charge is -2.14. The van der Waals surface area contributed by atoms with Crippen LogP contribution in [0.1, 0.15) is 24.1 Å². The van der Waals surface area contributed by atoms with E-state index in [1.807, 2.05) is 0 Å². The van der Waals surface area contributed by atoms with Gasteiger partial charge in [0, 0.05) is 22.7 Å². The number of aromatic nitrogens is 1. The Morgan fingerprint density at radius 1 is 1.16 bits per heavy atom. The maximum Gasteiger partial charge on any atom is 0.417 e. The molecule has 1 atom stereocenters. The molecule has 1 aromatic heterocycles. The van der Waals surface area contributed by atoms with Gasteiger partial charge in [0.05, 0.1) is 17.0 Å². The first-order valence-corrected chi connectivity index (χ1v) is 9.45. The summed E-state index contributed by atoms with van der Waals surface area (Å²) < 4.78 is 40.2. The fourth-order valence-corrected chi connectivity index (χ4v) is 3.35. The van der Waals surface area contributed by atoms with Crippen LogP contribution < -0.4 is 16.6 Å². The van der Waals surface area contributed by atoms with E-state index in [2.05, 4.69) is 5.32 Å². The fourth-order valence-electron chi connectivity index (χ4n) is 3.12. The fraction of sp³-hybridized carbons (Fsp3) is 0.190. The summed E-state index contributed by atoms with van der Waals surface area (Å²) in [6.45, 7) is 1.49. The minimum absolute atomic E-state index is 0.132. The van der Waals surface area contributed by atoms with Gasteiger partial charge in [0.1, 0.15) is 6.04 Å². The van der Waals surface area contributed by atoms with Gasteiger partial charge < -0.3 is 15.6 Å². The molecule has 0 saturated carbocycles. The van der Waals surface area contributed by atoms with Crippen LogP contribution in [0.5, 0.6) is 0 Å². The summed E-state index contributed by atoms with van der Waals surface area (Å²) in [5.74, 6) is -1.25. The number of rotatable bonds is 5. The number of alkyl halides is 3. The average Bonchev–Trinajstić information content (AvgIpc) is 2.69. The second-order valence-corrected chi connectivity index (χ2v) is 7.32. The lowest BCUT2D eigenvalue weighted by atomic mass is 10.1. The van der Waals surface area contributed by atoms with E-state index < -0.39 is 40.2 Å². The Morgan fingerprint density at radius 2 is 1.87 bits per heavy atom. The Bertz CT molecular complexity index is 1240. The van der Waals surface area contributed by atoms with Crippen LogP contribution in [0, 0.1) is 0 Å². The van der Waals surface area contributed by atoms with E-state index in [4.69, 9.17) is 17.3 Å². The maximum atomic E-state index is 13.0. The molecule has 10 heteroatoms. The molecule has 3 rings (SSSR count). The zero-order chi connectivity index (χ0) is 22.9. The molecule has 0 spiro atoms. The number of pyridine rings is 1. The van der Waals surface area contributed by atoms with Gasteiger partial charge in [-0.25, -0.2) is 0 Å². The van der Waals surface area contributed by atoms with Gasteiger partial charge in [0.2, 0.25) is 11.8 Å². The summed E-state index contributed by atoms with van der Waals surface area (Å²) in [6.07, 6.45) is -3.57. The standard InChI is InChI=1S/C21H17ClF3N3O3/c1-11(19(26)30)28-8-7-13-14(20(28)31)3-2-4-17(13)27-18(29)10-12-5-6-16(22)15(9-12)21(23,24)25/h2-9,11H,10H2,1H3,(H2,26,30)(H,27,29)/t11-/m0/s1. The van der Waals surface area contributed by atoms with Gasteiger partial charge in [0.25, 0.3) is 5.56 Å². The van der Waals surface area contributed by atoms with Gasteiger partial charge >= 0.3 is 6.18 Å². The number of carbonyl (C=O) groups is 2. The number of hydrogen-bond acceptors (Lipinski definition) is 3. The molecule has 0 fully saturated rings. The second kappa shape index (κ2) is 8.43. The number of amides is 2. The number of fused-ring (bicyclic) bond motifs is 1. The molecule has 2 aromatic carbocycles. The molecule has 0 aliphatic rings. The second-order valence-electron chi connectivity index (χ2n) is 6.91. The Labute approximate surface area is 179 Å². The maximum absolute atomic E-state index is 13.0. The number of benzene rings is 2. The van der Waals surface area contributed by atoms with Crippen LogP contribution in [0.2, 0.25) is 5.02 Å². The molecule has 0 radical (unpaired) electrons. The van der Waals surface area contributed by atoms with Crippen molar-refractivity contribution in [3.8, 4) is 0 Å². The number of nitrogens with one attached hydrogen (secondary N) is 1. The van der Waals surface area contributed by atoms with E-state index in [0.29, 0.717) is 11.1 Å². The van der Waals surface area contributed by atoms with Crippen LogP contribution in [-0.4, -0.2) is 16.4 Å². The smallest absolute Gasteiger partial charge is 0.368 e. The van der Waals surface area contributed by atoms with E-state index in [0.717, 1.165) is 12.1 Å². The lowest BCUT2D eigenvalue weighted by molar-refractivity contribution is -0.137. The van der Waals surface area contributed by atoms with Gasteiger partial charge in [-0.1, -0.05) is 23.7 Å². The van der Waals surface area contributed by atoms with Crippen LogP contribution in [0.4, 0.5) is 18.9 Å². The van der Waals surface area contributed by atoms with Crippen molar-refractivity contribution in [1.82, 2.24) is 4.57 Å². The quantitative estimate of drug-likeness (QED) is 0.616. The number of carbonyl (C=O) groups excluding carboxylic acids is 2. The van der Waals surface area contributed by atoms with E-state index in [-0.39, 0.29) is 17.4 Å². The molecular weight excluding hydrogens is 435 g/mol. The predicted molar refractivity (Wildman–Crippen MR) is 111 cm³/mol. The summed E-state index contributed by atoms with van der Waals surface area (Å²) in [4.78, 5) is 36.5. The van der Waals surface area contributed by atoms with Crippen molar-refractivity contribution in [1.29, 1.82) is 0 Å². The van der Waals surface area contributed by atoms with Crippen LogP contribution in [0.25, 0.3) is 10.8 Å². The summed E-state index contributed by atoms with van der Waals surface area (Å²) in [6, 6.07) is 8.59. The molecule has 31 heavy (non-hydrogen) atoms. The van der Waals surface area contributed by atoms with Crippen molar-refractivity contribution in [2.75, 3.05) is 5.32 Å². The number of hydrogen-bond donors (Lipinski definition) is 2. The molecule has 0 unspecified atom stereocenters. The predicted octanol–water partition coefficient (Wildman–Crippen LogP) is 3.90. The van der Waals surface area contributed by atoms with E-state index in [9.17, 15) is 27.6 Å². The third-order valence-corrected chi connectivity index (χ3v) is 5.11. The normalized spacial score (nSPS) is 12.5. The summed E-state index contributed by atoms with van der Waals surface area (Å²) in [7, 11) is 0. The first kappa shape index (κ1) is 22.4. The van der Waals surface area contributed by atoms with Crippen LogP contribution in [-0.2, 0) is 22.2 Å². The molecule has 6 nitrogen and oxygen atoms in total. The van der Waals surface area contributed by atoms with E-state index in [1.165, 1.54) is 29.8 Å². The molecule has 3 N–H and O–H groups in total. The zero-order valence-electron chi connectivity index (χ0n) is 16.2. The minimum atomic E-state index is -4.64. The number of halogens is 4. The van der Waals surface area contributed by atoms with Gasteiger partial charge in [-0.3, -0.25) is 14.4 Å². The van der Waals surface area contributed by atoms with Crippen molar-refractivity contribution >= 4 is 39.9 Å². The zero-order valence-corrected chi connectivity index (χ0v) is 16.9. The average molecular weight is 452 g/mol. The molecule has 3 aromatic rings. The molecule has 0 aliphatic heterocycles. The molecule has 2 amide bonds. The summed E-state index contributed by atoms with van der Waals surface area (Å²) in [5.41, 5.74) is 4.22. The SMILES string of the molecule is C[C@@H](C(N)=O)n1ccc2c(NC(=O)Cc3ccc(Cl)c(C(F)(F)F)c3)cccc2c1=O. The Balaban J connectivity index is 1.89. The topological polar surface area (TPSA) is 94.2 Å². The molecule has 0 bridgehead atoms. The van der Waals surface area contributed by atoms with Crippen molar-refractivity contribution in [3.63, 3.8) is 0 Å². The Kier molecular flexibility index (Phi) is 6.08. The van der Waals surface area contributed by atoms with Gasteiger partial charge in [-0.2, -0.15) is 13.2 Å². The summed E-state index contributed by atoms with van der Waals surface area (Å²) >= 11 is 5.60. The van der Waals surface area contributed by atoms with E-state index >= 15 is 0 Å². The molecule has 0 saturated heterocycles. The van der Waals surface area contributed by atoms with Crippen LogP contribution >= 0.6 is 11.6 Å². The van der Waals surface area contributed by atoms with Crippen molar-refractivity contribution in [2.24, 2.45) is 5.73 Å². The molecule has 1 heterocycles. The van der Waals surface area contributed by atoms with Crippen molar-refractivity contribution in [2.45, 2.75) is 25.6 Å². The van der Waals surface area contributed by atoms with Gasteiger partial charge in [-0.05, 0) is 42.8 Å². The number of nitrogens with zero attached hydrogens (tertiary/aromatic N) is 1. The highest BCUT2D eigenvalue weighted by molar-refractivity contribution is 6.31. The van der Waals surface area contributed by atoms with Crippen molar-refractivity contribution < 1.29 is 22.8 Å². The van der Waals surface area contributed by atoms with Crippen LogP contribution in [0.3, 0.4) is 0 Å². The molecular formula is C21H17ClF3N3O3. The Hall–Kier alpha value is -3.33. The summed E-state index contributed by atoms with van der Waals surface area (Å²) in [5, 5.41) is 2.83. The number of anilines is 1. The van der Waals surface area contributed by atoms with Crippen LogP contribution in [0.15, 0.2) is 53.5 Å².